The van der Waals surface area contributed by atoms with E-state index in [-0.39, 0.29) is 4.90 Å². The van der Waals surface area contributed by atoms with E-state index >= 15 is 0 Å². The topological polar surface area (TPSA) is 122 Å². The lowest BCUT2D eigenvalue weighted by Crippen LogP contribution is -2.45. The van der Waals surface area contributed by atoms with Crippen molar-refractivity contribution < 1.29 is 26.4 Å². The first-order chi connectivity index (χ1) is 16.8. The zero-order valence-corrected chi connectivity index (χ0v) is 22.3. The SMILES string of the molecule is COc1ccc(C)cc1NS(=O)(=O)c1ccc(NC(=O)[C@@H](C)N(c2ccc(C)cc2)S(C)(=O)=O)cc1. The lowest BCUT2D eigenvalue weighted by Gasteiger charge is -2.28. The maximum atomic E-state index is 12.9. The monoisotopic (exact) mass is 531 g/mol. The Morgan fingerprint density at radius 3 is 2.03 bits per heavy atom. The largest absolute Gasteiger partial charge is 0.495 e. The van der Waals surface area contributed by atoms with Crippen LogP contribution in [0.25, 0.3) is 0 Å². The molecule has 0 bridgehead atoms. The van der Waals surface area contributed by atoms with Crippen LogP contribution in [0.15, 0.2) is 71.6 Å². The first-order valence-electron chi connectivity index (χ1n) is 11.0. The number of nitrogens with zero attached hydrogens (tertiary/aromatic N) is 1. The van der Waals surface area contributed by atoms with Gasteiger partial charge in [0.15, 0.2) is 0 Å². The zero-order valence-electron chi connectivity index (χ0n) is 20.6. The molecule has 0 aliphatic carbocycles. The number of methoxy groups -OCH3 is 1. The van der Waals surface area contributed by atoms with E-state index < -0.39 is 32.0 Å². The molecule has 0 heterocycles. The Hall–Kier alpha value is -3.57. The molecule has 3 aromatic rings. The summed E-state index contributed by atoms with van der Waals surface area (Å²) in [7, 11) is -6.24. The highest BCUT2D eigenvalue weighted by Crippen LogP contribution is 2.28. The number of hydrogen-bond acceptors (Lipinski definition) is 6. The summed E-state index contributed by atoms with van der Waals surface area (Å²) in [5.41, 5.74) is 2.80. The molecule has 9 nitrogen and oxygen atoms in total. The molecule has 0 radical (unpaired) electrons. The molecule has 0 aliphatic rings. The van der Waals surface area contributed by atoms with Crippen molar-refractivity contribution >= 4 is 43.0 Å². The average Bonchev–Trinajstić information content (AvgIpc) is 2.80. The van der Waals surface area contributed by atoms with Gasteiger partial charge < -0.3 is 10.1 Å². The van der Waals surface area contributed by atoms with Crippen molar-refractivity contribution in [3.63, 3.8) is 0 Å². The molecule has 0 unspecified atom stereocenters. The first-order valence-corrected chi connectivity index (χ1v) is 14.3. The summed E-state index contributed by atoms with van der Waals surface area (Å²) >= 11 is 0. The summed E-state index contributed by atoms with van der Waals surface area (Å²) in [6.45, 7) is 5.19. The van der Waals surface area contributed by atoms with Gasteiger partial charge in [-0.05, 0) is 74.9 Å². The van der Waals surface area contributed by atoms with E-state index in [4.69, 9.17) is 4.74 Å². The van der Waals surface area contributed by atoms with Gasteiger partial charge in [0, 0.05) is 5.69 Å². The summed E-state index contributed by atoms with van der Waals surface area (Å²) in [5.74, 6) is -0.190. The molecule has 0 aliphatic heterocycles. The lowest BCUT2D eigenvalue weighted by atomic mass is 10.2. The van der Waals surface area contributed by atoms with E-state index in [1.165, 1.54) is 38.3 Å². The highest BCUT2D eigenvalue weighted by Gasteiger charge is 2.29. The van der Waals surface area contributed by atoms with Gasteiger partial charge in [0.25, 0.3) is 10.0 Å². The first kappa shape index (κ1) is 27.0. The Balaban J connectivity index is 1.78. The van der Waals surface area contributed by atoms with Gasteiger partial charge in [-0.15, -0.1) is 0 Å². The Bertz CT molecular complexity index is 1450. The highest BCUT2D eigenvalue weighted by molar-refractivity contribution is 7.92. The van der Waals surface area contributed by atoms with Crippen LogP contribution in [-0.2, 0) is 24.8 Å². The van der Waals surface area contributed by atoms with Crippen LogP contribution in [0, 0.1) is 13.8 Å². The molecule has 36 heavy (non-hydrogen) atoms. The van der Waals surface area contributed by atoms with E-state index in [1.54, 1.807) is 42.5 Å². The van der Waals surface area contributed by atoms with E-state index in [2.05, 4.69) is 10.0 Å². The van der Waals surface area contributed by atoms with Crippen LogP contribution in [0.2, 0.25) is 0 Å². The maximum absolute atomic E-state index is 12.9. The highest BCUT2D eigenvalue weighted by atomic mass is 32.2. The fourth-order valence-electron chi connectivity index (χ4n) is 3.57. The third kappa shape index (κ3) is 6.35. The maximum Gasteiger partial charge on any atom is 0.262 e. The van der Waals surface area contributed by atoms with Gasteiger partial charge in [0.2, 0.25) is 15.9 Å². The number of carbonyl (C=O) groups is 1. The summed E-state index contributed by atoms with van der Waals surface area (Å²) in [5, 5.41) is 2.65. The third-order valence-electron chi connectivity index (χ3n) is 5.41. The minimum absolute atomic E-state index is 0.0190. The van der Waals surface area contributed by atoms with E-state index in [0.29, 0.717) is 22.8 Å². The molecular weight excluding hydrogens is 502 g/mol. The standard InChI is InChI=1S/C25H29N3O6S2/c1-17-6-11-21(12-7-17)28(35(5,30)31)19(3)25(29)26-20-9-13-22(14-10-20)36(32,33)27-23-16-18(2)8-15-24(23)34-4/h6-16,19,27H,1-5H3,(H,26,29)/t19-/m1/s1. The van der Waals surface area contributed by atoms with Gasteiger partial charge in [-0.2, -0.15) is 0 Å². The van der Waals surface area contributed by atoms with Crippen LogP contribution in [-0.4, -0.2) is 42.2 Å². The number of rotatable bonds is 9. The summed E-state index contributed by atoms with van der Waals surface area (Å²) in [6, 6.07) is 16.4. The second-order valence-corrected chi connectivity index (χ2v) is 11.9. The zero-order chi connectivity index (χ0) is 26.7. The van der Waals surface area contributed by atoms with Crippen LogP contribution in [0.4, 0.5) is 17.1 Å². The van der Waals surface area contributed by atoms with Gasteiger partial charge in [0.05, 0.1) is 29.6 Å². The fraction of sp³-hybridized carbons (Fsp3) is 0.240. The molecule has 1 amide bonds. The lowest BCUT2D eigenvalue weighted by molar-refractivity contribution is -0.116. The molecule has 0 spiro atoms. The number of amides is 1. The van der Waals surface area contributed by atoms with Crippen molar-refractivity contribution in [1.29, 1.82) is 0 Å². The van der Waals surface area contributed by atoms with Gasteiger partial charge in [-0.25, -0.2) is 16.8 Å². The Labute approximate surface area is 212 Å². The van der Waals surface area contributed by atoms with Crippen LogP contribution in [0.1, 0.15) is 18.1 Å². The van der Waals surface area contributed by atoms with Crippen molar-refractivity contribution in [2.45, 2.75) is 31.7 Å². The third-order valence-corrected chi connectivity index (χ3v) is 8.03. The molecule has 0 saturated carbocycles. The summed E-state index contributed by atoms with van der Waals surface area (Å²) in [6.07, 6.45) is 1.03. The molecule has 1 atom stereocenters. The van der Waals surface area contributed by atoms with E-state index in [9.17, 15) is 21.6 Å². The van der Waals surface area contributed by atoms with Crippen molar-refractivity contribution in [2.24, 2.45) is 0 Å². The number of ether oxygens (including phenoxy) is 1. The van der Waals surface area contributed by atoms with Crippen LogP contribution in [0.3, 0.4) is 0 Å². The predicted molar refractivity (Wildman–Crippen MR) is 142 cm³/mol. The number of nitrogens with one attached hydrogen (secondary N) is 2. The molecular formula is C25H29N3O6S2. The Kier molecular flexibility index (Phi) is 7.95. The Morgan fingerprint density at radius 1 is 0.889 bits per heavy atom. The molecule has 3 aromatic carbocycles. The number of hydrogen-bond donors (Lipinski definition) is 2. The second-order valence-electron chi connectivity index (χ2n) is 8.39. The number of anilines is 3. The predicted octanol–water partition coefficient (Wildman–Crippen LogP) is 3.91. The number of carbonyl (C=O) groups excluding carboxylic acids is 1. The van der Waals surface area contributed by atoms with Gasteiger partial charge >= 0.3 is 0 Å². The normalized spacial score (nSPS) is 12.5. The molecule has 3 rings (SSSR count). The number of aryl methyl sites for hydroxylation is 2. The molecule has 0 saturated heterocycles. The molecule has 2 N–H and O–H groups in total. The van der Waals surface area contributed by atoms with Crippen molar-refractivity contribution in [3.8, 4) is 5.75 Å². The Morgan fingerprint density at radius 2 is 1.47 bits per heavy atom. The smallest absolute Gasteiger partial charge is 0.262 e. The fourth-order valence-corrected chi connectivity index (χ4v) is 5.81. The molecule has 11 heteroatoms. The second kappa shape index (κ2) is 10.6. The number of benzene rings is 3. The molecule has 192 valence electrons. The van der Waals surface area contributed by atoms with Crippen LogP contribution in [0.5, 0.6) is 5.75 Å². The summed E-state index contributed by atoms with van der Waals surface area (Å²) in [4.78, 5) is 12.9. The van der Waals surface area contributed by atoms with Crippen LogP contribution < -0.4 is 19.1 Å². The van der Waals surface area contributed by atoms with Crippen LogP contribution >= 0.6 is 0 Å². The van der Waals surface area contributed by atoms with Crippen molar-refractivity contribution in [3.05, 3.63) is 77.9 Å². The van der Waals surface area contributed by atoms with Gasteiger partial charge in [0.1, 0.15) is 11.8 Å². The number of sulfonamides is 2. The minimum Gasteiger partial charge on any atom is -0.495 e. The van der Waals surface area contributed by atoms with E-state index in [0.717, 1.165) is 21.7 Å². The van der Waals surface area contributed by atoms with Gasteiger partial charge in [-0.3, -0.25) is 13.8 Å². The van der Waals surface area contributed by atoms with Crippen molar-refractivity contribution in [1.82, 2.24) is 0 Å². The molecule has 0 fully saturated rings. The average molecular weight is 532 g/mol. The quantitative estimate of drug-likeness (QED) is 0.432. The minimum atomic E-state index is -3.93. The summed E-state index contributed by atoms with van der Waals surface area (Å²) < 4.78 is 59.4. The molecule has 0 aromatic heterocycles. The van der Waals surface area contributed by atoms with E-state index in [1.807, 2.05) is 13.8 Å². The van der Waals surface area contributed by atoms with Crippen molar-refractivity contribution in [2.75, 3.05) is 27.7 Å². The van der Waals surface area contributed by atoms with Gasteiger partial charge in [-0.1, -0.05) is 23.8 Å².